The molecule has 4 nitrogen and oxygen atoms in total. The molecule has 0 spiro atoms. The van der Waals surface area contributed by atoms with Crippen LogP contribution in [0.5, 0.6) is 11.5 Å². The zero-order chi connectivity index (χ0) is 20.3. The van der Waals surface area contributed by atoms with Crippen molar-refractivity contribution in [3.8, 4) is 11.5 Å². The fourth-order valence-corrected chi connectivity index (χ4v) is 3.24. The molecule has 27 heavy (non-hydrogen) atoms. The van der Waals surface area contributed by atoms with E-state index in [4.69, 9.17) is 79.1 Å². The van der Waals surface area contributed by atoms with Crippen LogP contribution in [-0.2, 0) is 4.79 Å². The lowest BCUT2D eigenvalue weighted by Crippen LogP contribution is -2.36. The van der Waals surface area contributed by atoms with Crippen molar-refractivity contribution in [1.29, 1.82) is 0 Å². The van der Waals surface area contributed by atoms with Gasteiger partial charge in [-0.05, 0) is 12.1 Å². The van der Waals surface area contributed by atoms with Crippen LogP contribution in [0.15, 0.2) is 24.3 Å². The molecule has 0 amide bonds. The Labute approximate surface area is 185 Å². The quantitative estimate of drug-likeness (QED) is 0.417. The fourth-order valence-electron chi connectivity index (χ4n) is 2.06. The summed E-state index contributed by atoms with van der Waals surface area (Å²) in [6.07, 6.45) is -1.26. The van der Waals surface area contributed by atoms with E-state index in [0.29, 0.717) is 0 Å². The van der Waals surface area contributed by atoms with Crippen molar-refractivity contribution in [2.75, 3.05) is 6.61 Å². The van der Waals surface area contributed by atoms with Gasteiger partial charge in [-0.2, -0.15) is 0 Å². The summed E-state index contributed by atoms with van der Waals surface area (Å²) in [6, 6.07) is 5.61. The Morgan fingerprint density at radius 3 is 1.81 bits per heavy atom. The van der Waals surface area contributed by atoms with Crippen molar-refractivity contribution in [3.63, 3.8) is 0 Å². The van der Waals surface area contributed by atoms with Crippen LogP contribution < -0.4 is 9.47 Å². The minimum Gasteiger partial charge on any atom is -0.492 e. The molecule has 0 saturated carbocycles. The summed E-state index contributed by atoms with van der Waals surface area (Å²) in [4.78, 5) is 11.6. The number of carbonyl (C=O) groups is 1. The molecule has 10 heteroatoms. The van der Waals surface area contributed by atoms with Crippen molar-refractivity contribution >= 4 is 75.6 Å². The van der Waals surface area contributed by atoms with Crippen molar-refractivity contribution in [2.24, 2.45) is 5.92 Å². The zero-order valence-corrected chi connectivity index (χ0v) is 18.1. The molecule has 0 heterocycles. The van der Waals surface area contributed by atoms with Crippen molar-refractivity contribution in [2.45, 2.75) is 13.0 Å². The van der Waals surface area contributed by atoms with Crippen LogP contribution in [0.25, 0.3) is 0 Å². The van der Waals surface area contributed by atoms with Gasteiger partial charge in [0, 0.05) is 18.1 Å². The second kappa shape index (κ2) is 9.64. The van der Waals surface area contributed by atoms with E-state index in [0.717, 1.165) is 0 Å². The lowest BCUT2D eigenvalue weighted by molar-refractivity contribution is -0.148. The third-order valence-corrected chi connectivity index (χ3v) is 5.50. The number of benzene rings is 2. The lowest BCUT2D eigenvalue weighted by atomic mass is 10.1. The number of ether oxygens (including phenoxy) is 2. The SMILES string of the molecule is CC(COc1cc(Cl)c(Cl)cc1Cl)C(Oc1cc(Cl)c(Cl)cc1Cl)C(=O)O. The molecule has 1 N–H and O–H groups in total. The number of rotatable bonds is 7. The van der Waals surface area contributed by atoms with Gasteiger partial charge in [-0.1, -0.05) is 76.5 Å². The first-order valence-corrected chi connectivity index (χ1v) is 9.68. The fraction of sp³-hybridized carbons (Fsp3) is 0.235. The molecule has 0 aliphatic carbocycles. The Hall–Kier alpha value is -0.750. The van der Waals surface area contributed by atoms with Crippen LogP contribution in [0.2, 0.25) is 30.1 Å². The summed E-state index contributed by atoms with van der Waals surface area (Å²) in [5.41, 5.74) is 0. The second-order valence-electron chi connectivity index (χ2n) is 5.56. The predicted octanol–water partition coefficient (Wildman–Crippen LogP) is 7.15. The molecule has 0 radical (unpaired) electrons. The summed E-state index contributed by atoms with van der Waals surface area (Å²) in [6.45, 7) is 1.61. The Balaban J connectivity index is 2.14. The summed E-state index contributed by atoms with van der Waals surface area (Å²) < 4.78 is 11.1. The molecular weight excluding hydrogens is 481 g/mol. The van der Waals surface area contributed by atoms with E-state index in [1.165, 1.54) is 24.3 Å². The maximum absolute atomic E-state index is 11.6. The van der Waals surface area contributed by atoms with Gasteiger partial charge in [0.1, 0.15) is 11.5 Å². The first kappa shape index (κ1) is 22.5. The molecule has 2 rings (SSSR count). The van der Waals surface area contributed by atoms with Crippen molar-refractivity contribution in [3.05, 3.63) is 54.4 Å². The summed E-state index contributed by atoms with van der Waals surface area (Å²) >= 11 is 35.7. The summed E-state index contributed by atoms with van der Waals surface area (Å²) in [7, 11) is 0. The van der Waals surface area contributed by atoms with Gasteiger partial charge in [0.15, 0.2) is 0 Å². The molecular formula is C17H12Cl6O4. The molecule has 2 unspecified atom stereocenters. The van der Waals surface area contributed by atoms with Gasteiger partial charge in [-0.15, -0.1) is 0 Å². The number of hydrogen-bond acceptors (Lipinski definition) is 3. The monoisotopic (exact) mass is 490 g/mol. The number of aliphatic carboxylic acids is 1. The Morgan fingerprint density at radius 1 is 0.852 bits per heavy atom. The number of carboxylic acids is 1. The van der Waals surface area contributed by atoms with Crippen molar-refractivity contribution < 1.29 is 19.4 Å². The van der Waals surface area contributed by atoms with Crippen LogP contribution in [0.3, 0.4) is 0 Å². The van der Waals surface area contributed by atoms with Crippen LogP contribution in [0.1, 0.15) is 6.92 Å². The van der Waals surface area contributed by atoms with Crippen LogP contribution in [0, 0.1) is 5.92 Å². The molecule has 0 aromatic heterocycles. The molecule has 2 aromatic rings. The first-order valence-electron chi connectivity index (χ1n) is 7.41. The maximum Gasteiger partial charge on any atom is 0.345 e. The number of hydrogen-bond donors (Lipinski definition) is 1. The Bertz CT molecular complexity index is 858. The molecule has 146 valence electrons. The number of halogens is 6. The van der Waals surface area contributed by atoms with Gasteiger partial charge in [0.2, 0.25) is 6.10 Å². The zero-order valence-electron chi connectivity index (χ0n) is 13.6. The highest BCUT2D eigenvalue weighted by Crippen LogP contribution is 2.36. The van der Waals surface area contributed by atoms with E-state index in [1.807, 2.05) is 0 Å². The topological polar surface area (TPSA) is 55.8 Å². The molecule has 0 fully saturated rings. The molecule has 0 aliphatic heterocycles. The number of carboxylic acid groups (broad SMARTS) is 1. The van der Waals surface area contributed by atoms with Crippen LogP contribution in [-0.4, -0.2) is 23.8 Å². The maximum atomic E-state index is 11.6. The second-order valence-corrected chi connectivity index (χ2v) is 8.00. The third kappa shape index (κ3) is 5.86. The highest BCUT2D eigenvalue weighted by Gasteiger charge is 2.29. The summed E-state index contributed by atoms with van der Waals surface area (Å²) in [5, 5.41) is 10.8. The molecule has 0 aliphatic rings. The van der Waals surface area contributed by atoms with E-state index in [-0.39, 0.29) is 48.2 Å². The largest absolute Gasteiger partial charge is 0.492 e. The summed E-state index contributed by atoms with van der Waals surface area (Å²) in [5.74, 6) is -1.42. The molecule has 2 atom stereocenters. The van der Waals surface area contributed by atoms with E-state index < -0.39 is 18.0 Å². The minimum absolute atomic E-state index is 0.0202. The average Bonchev–Trinajstić information content (AvgIpc) is 2.58. The van der Waals surface area contributed by atoms with E-state index in [9.17, 15) is 9.90 Å². The standard InChI is InChI=1S/C17H12Cl6O4/c1-7(6-26-14-4-10(20)8(18)2-12(14)22)16(17(24)25)27-15-5-11(21)9(19)3-13(15)23/h2-5,7,16H,6H2,1H3,(H,24,25). The molecule has 0 bridgehead atoms. The van der Waals surface area contributed by atoms with Gasteiger partial charge in [-0.3, -0.25) is 0 Å². The predicted molar refractivity (Wildman–Crippen MR) is 110 cm³/mol. The first-order chi connectivity index (χ1) is 12.6. The van der Waals surface area contributed by atoms with Crippen LogP contribution >= 0.6 is 69.6 Å². The van der Waals surface area contributed by atoms with E-state index in [1.54, 1.807) is 6.92 Å². The highest BCUT2D eigenvalue weighted by molar-refractivity contribution is 6.44. The van der Waals surface area contributed by atoms with E-state index in [2.05, 4.69) is 0 Å². The van der Waals surface area contributed by atoms with Crippen LogP contribution in [0.4, 0.5) is 0 Å². The molecule has 0 saturated heterocycles. The van der Waals surface area contributed by atoms with E-state index >= 15 is 0 Å². The van der Waals surface area contributed by atoms with Crippen molar-refractivity contribution in [1.82, 2.24) is 0 Å². The van der Waals surface area contributed by atoms with Gasteiger partial charge in [0.25, 0.3) is 0 Å². The van der Waals surface area contributed by atoms with Gasteiger partial charge >= 0.3 is 5.97 Å². The Morgan fingerprint density at radius 2 is 1.30 bits per heavy atom. The van der Waals surface area contributed by atoms with Gasteiger partial charge < -0.3 is 14.6 Å². The highest BCUT2D eigenvalue weighted by atomic mass is 35.5. The Kier molecular flexibility index (Phi) is 8.05. The third-order valence-electron chi connectivity index (χ3n) is 3.47. The molecule has 2 aromatic carbocycles. The smallest absolute Gasteiger partial charge is 0.345 e. The lowest BCUT2D eigenvalue weighted by Gasteiger charge is -2.23. The minimum atomic E-state index is -1.26. The van der Waals surface area contributed by atoms with Gasteiger partial charge in [0.05, 0.1) is 36.7 Å². The van der Waals surface area contributed by atoms with Gasteiger partial charge in [-0.25, -0.2) is 4.79 Å². The average molecular weight is 493 g/mol. The normalized spacial score (nSPS) is 13.1.